The monoisotopic (exact) mass is 278 g/mol. The summed E-state index contributed by atoms with van der Waals surface area (Å²) >= 11 is 0. The largest absolute Gasteiger partial charge is 0.517 e. The second-order valence-corrected chi connectivity index (χ2v) is 6.81. The molecule has 2 heterocycles. The Labute approximate surface area is 119 Å². The van der Waals surface area contributed by atoms with Crippen LogP contribution in [0.15, 0.2) is 12.1 Å². The molecule has 0 aromatic carbocycles. The van der Waals surface area contributed by atoms with E-state index in [9.17, 15) is 4.39 Å². The lowest BCUT2D eigenvalue weighted by molar-refractivity contribution is 0.00578. The Hall–Kier alpha value is -0.975. The highest BCUT2D eigenvalue weighted by atomic mass is 19.1. The lowest BCUT2D eigenvalue weighted by atomic mass is 9.83. The van der Waals surface area contributed by atoms with E-state index in [4.69, 9.17) is 15.0 Å². The van der Waals surface area contributed by atoms with Crippen LogP contribution in [0, 0.1) is 5.82 Å². The first-order valence-electron chi connectivity index (χ1n) is 6.96. The summed E-state index contributed by atoms with van der Waals surface area (Å²) in [5.41, 5.74) is 5.61. The van der Waals surface area contributed by atoms with Crippen molar-refractivity contribution in [2.24, 2.45) is 5.73 Å². The molecule has 2 N–H and O–H groups in total. The van der Waals surface area contributed by atoms with Gasteiger partial charge in [0.05, 0.1) is 22.4 Å². The van der Waals surface area contributed by atoms with Crippen LogP contribution in [0.4, 0.5) is 4.39 Å². The first-order valence-corrected chi connectivity index (χ1v) is 6.96. The van der Waals surface area contributed by atoms with Crippen molar-refractivity contribution in [1.29, 1.82) is 0 Å². The first kappa shape index (κ1) is 14.0. The molecule has 3 rings (SSSR count). The van der Waals surface area contributed by atoms with E-state index in [1.54, 1.807) is 6.07 Å². The molecule has 0 atom stereocenters. The molecule has 4 nitrogen and oxygen atoms in total. The highest BCUT2D eigenvalue weighted by Crippen LogP contribution is 2.41. The molecule has 0 radical (unpaired) electrons. The summed E-state index contributed by atoms with van der Waals surface area (Å²) in [6, 6.07) is 3.05. The number of pyridine rings is 1. The normalized spacial score (nSPS) is 25.8. The fraction of sp³-hybridized carbons (Fsp3) is 0.643. The molecule has 1 aromatic heterocycles. The number of nitrogens with zero attached hydrogens (tertiary/aromatic N) is 1. The summed E-state index contributed by atoms with van der Waals surface area (Å²) in [4.78, 5) is 4.37. The molecule has 0 spiro atoms. The van der Waals surface area contributed by atoms with E-state index in [1.165, 1.54) is 6.07 Å². The molecular formula is C14H20BFN2O2. The van der Waals surface area contributed by atoms with Crippen molar-refractivity contribution < 1.29 is 13.7 Å². The lowest BCUT2D eigenvalue weighted by Crippen LogP contribution is -2.41. The van der Waals surface area contributed by atoms with Crippen LogP contribution in [0.2, 0.25) is 0 Å². The Morgan fingerprint density at radius 1 is 1.15 bits per heavy atom. The lowest BCUT2D eigenvalue weighted by Gasteiger charge is -2.32. The zero-order valence-corrected chi connectivity index (χ0v) is 12.4. The number of hydrogen-bond acceptors (Lipinski definition) is 4. The van der Waals surface area contributed by atoms with Gasteiger partial charge in [-0.25, -0.2) is 4.39 Å². The Morgan fingerprint density at radius 3 is 2.20 bits per heavy atom. The highest BCUT2D eigenvalue weighted by molar-refractivity contribution is 6.61. The molecular weight excluding hydrogens is 258 g/mol. The van der Waals surface area contributed by atoms with Gasteiger partial charge in [-0.3, -0.25) is 4.98 Å². The van der Waals surface area contributed by atoms with Gasteiger partial charge in [0.25, 0.3) is 0 Å². The SMILES string of the molecule is CC1(C)OB(c2nc(C3(N)CC3)ccc2F)OC1(C)C. The zero-order chi connectivity index (χ0) is 14.8. The molecule has 0 unspecified atom stereocenters. The highest BCUT2D eigenvalue weighted by Gasteiger charge is 2.53. The summed E-state index contributed by atoms with van der Waals surface area (Å²) in [6.07, 6.45) is 1.77. The van der Waals surface area contributed by atoms with Gasteiger partial charge in [0, 0.05) is 0 Å². The molecule has 0 bridgehead atoms. The van der Waals surface area contributed by atoms with E-state index < -0.39 is 29.7 Å². The molecule has 1 aromatic rings. The van der Waals surface area contributed by atoms with Crippen molar-refractivity contribution in [3.8, 4) is 0 Å². The molecule has 2 fully saturated rings. The minimum Gasteiger partial charge on any atom is -0.398 e. The molecule has 2 aliphatic rings. The van der Waals surface area contributed by atoms with Crippen molar-refractivity contribution >= 4 is 12.7 Å². The number of halogens is 1. The van der Waals surface area contributed by atoms with Gasteiger partial charge in [-0.2, -0.15) is 0 Å². The third-order valence-electron chi connectivity index (χ3n) is 4.65. The van der Waals surface area contributed by atoms with Gasteiger partial charge in [0.15, 0.2) is 0 Å². The Balaban J connectivity index is 1.95. The molecule has 0 amide bonds. The van der Waals surface area contributed by atoms with Crippen molar-refractivity contribution in [1.82, 2.24) is 4.98 Å². The topological polar surface area (TPSA) is 57.4 Å². The number of nitrogens with two attached hydrogens (primary N) is 1. The quantitative estimate of drug-likeness (QED) is 0.832. The summed E-state index contributed by atoms with van der Waals surface area (Å²) < 4.78 is 25.8. The van der Waals surface area contributed by atoms with Crippen LogP contribution in [0.1, 0.15) is 46.2 Å². The van der Waals surface area contributed by atoms with Gasteiger partial charge in [-0.05, 0) is 52.7 Å². The van der Waals surface area contributed by atoms with Crippen LogP contribution in [0.5, 0.6) is 0 Å². The summed E-state index contributed by atoms with van der Waals surface area (Å²) in [7, 11) is -0.790. The maximum absolute atomic E-state index is 14.1. The van der Waals surface area contributed by atoms with E-state index >= 15 is 0 Å². The minimum atomic E-state index is -0.790. The maximum atomic E-state index is 14.1. The van der Waals surface area contributed by atoms with Crippen molar-refractivity contribution in [3.63, 3.8) is 0 Å². The van der Waals surface area contributed by atoms with E-state index in [2.05, 4.69) is 4.98 Å². The van der Waals surface area contributed by atoms with E-state index in [-0.39, 0.29) is 5.59 Å². The average Bonchev–Trinajstić information content (AvgIpc) is 3.02. The van der Waals surface area contributed by atoms with Crippen LogP contribution in [0.3, 0.4) is 0 Å². The molecule has 108 valence electrons. The third-order valence-corrected chi connectivity index (χ3v) is 4.65. The van der Waals surface area contributed by atoms with Crippen LogP contribution in [-0.4, -0.2) is 23.3 Å². The molecule has 20 heavy (non-hydrogen) atoms. The zero-order valence-electron chi connectivity index (χ0n) is 12.4. The maximum Gasteiger partial charge on any atom is 0.517 e. The molecule has 1 saturated heterocycles. The number of hydrogen-bond donors (Lipinski definition) is 1. The Morgan fingerprint density at radius 2 is 1.70 bits per heavy atom. The predicted octanol–water partition coefficient (Wildman–Crippen LogP) is 1.47. The Kier molecular flexibility index (Phi) is 2.81. The van der Waals surface area contributed by atoms with Gasteiger partial charge in [0.2, 0.25) is 0 Å². The number of rotatable bonds is 2. The van der Waals surface area contributed by atoms with Crippen molar-refractivity contribution in [3.05, 3.63) is 23.6 Å². The van der Waals surface area contributed by atoms with Gasteiger partial charge >= 0.3 is 7.12 Å². The smallest absolute Gasteiger partial charge is 0.398 e. The molecule has 1 aliphatic carbocycles. The van der Waals surface area contributed by atoms with Crippen LogP contribution in [-0.2, 0) is 14.8 Å². The van der Waals surface area contributed by atoms with E-state index in [0.29, 0.717) is 5.69 Å². The molecule has 6 heteroatoms. The second-order valence-electron chi connectivity index (χ2n) is 6.81. The van der Waals surface area contributed by atoms with Crippen LogP contribution in [0.25, 0.3) is 0 Å². The standard InChI is InChI=1S/C14H20BFN2O2/c1-12(2)13(3,4)20-15(19-12)11-9(16)5-6-10(18-11)14(17)7-8-14/h5-6H,7-8,17H2,1-4H3. The van der Waals surface area contributed by atoms with Crippen molar-refractivity contribution in [2.75, 3.05) is 0 Å². The second kappa shape index (κ2) is 4.03. The predicted molar refractivity (Wildman–Crippen MR) is 75.0 cm³/mol. The van der Waals surface area contributed by atoms with Gasteiger partial charge in [0.1, 0.15) is 11.4 Å². The summed E-state index contributed by atoms with van der Waals surface area (Å²) in [6.45, 7) is 7.72. The first-order chi connectivity index (χ1) is 9.15. The van der Waals surface area contributed by atoms with Gasteiger partial charge < -0.3 is 15.0 Å². The average molecular weight is 278 g/mol. The fourth-order valence-electron chi connectivity index (χ4n) is 2.25. The summed E-state index contributed by atoms with van der Waals surface area (Å²) in [5, 5.41) is 0. The molecule has 1 aliphatic heterocycles. The third kappa shape index (κ3) is 2.06. The van der Waals surface area contributed by atoms with Gasteiger partial charge in [-0.1, -0.05) is 0 Å². The van der Waals surface area contributed by atoms with E-state index in [1.807, 2.05) is 27.7 Å². The number of aromatic nitrogens is 1. The van der Waals surface area contributed by atoms with Crippen molar-refractivity contribution in [2.45, 2.75) is 57.3 Å². The Bertz CT molecular complexity index is 542. The van der Waals surface area contributed by atoms with Gasteiger partial charge in [-0.15, -0.1) is 0 Å². The van der Waals surface area contributed by atoms with Crippen LogP contribution >= 0.6 is 0 Å². The summed E-state index contributed by atoms with van der Waals surface area (Å²) in [5.74, 6) is -0.420. The minimum absolute atomic E-state index is 0.192. The van der Waals surface area contributed by atoms with E-state index in [0.717, 1.165) is 12.8 Å². The van der Waals surface area contributed by atoms with Crippen LogP contribution < -0.4 is 11.3 Å². The molecule has 1 saturated carbocycles. The fourth-order valence-corrected chi connectivity index (χ4v) is 2.25.